The van der Waals surface area contributed by atoms with E-state index in [1.807, 2.05) is 36.4 Å². The van der Waals surface area contributed by atoms with Gasteiger partial charge >= 0.3 is 11.9 Å². The molecule has 3 rings (SSSR count). The molecule has 10 heteroatoms. The van der Waals surface area contributed by atoms with Crippen LogP contribution >= 0.6 is 0 Å². The Kier molecular flexibility index (Phi) is 10.6. The number of esters is 2. The second kappa shape index (κ2) is 14.1. The summed E-state index contributed by atoms with van der Waals surface area (Å²) in [5, 5.41) is 3.52. The second-order valence-electron chi connectivity index (χ2n) is 8.64. The minimum Gasteiger partial charge on any atom is -0.497 e. The predicted molar refractivity (Wildman–Crippen MR) is 150 cm³/mol. The quantitative estimate of drug-likeness (QED) is 0.285. The van der Waals surface area contributed by atoms with Gasteiger partial charge in [-0.1, -0.05) is 0 Å². The molecule has 40 heavy (non-hydrogen) atoms. The first-order valence-corrected chi connectivity index (χ1v) is 12.8. The summed E-state index contributed by atoms with van der Waals surface area (Å²) in [6.07, 6.45) is 0.253. The van der Waals surface area contributed by atoms with E-state index in [2.05, 4.69) is 10.3 Å². The SMILES string of the molecule is CCOC(=O)c1cc(C(=O)OCC)c(CC(Nc2ccc(OC)cc2)c2cc(OC)c(OC)c(OC)c2)nc1C. The van der Waals surface area contributed by atoms with Gasteiger partial charge < -0.3 is 33.7 Å². The van der Waals surface area contributed by atoms with E-state index < -0.39 is 18.0 Å². The Hall–Kier alpha value is -4.47. The fourth-order valence-corrected chi connectivity index (χ4v) is 4.25. The van der Waals surface area contributed by atoms with Crippen molar-refractivity contribution in [3.05, 3.63) is 70.5 Å². The van der Waals surface area contributed by atoms with E-state index in [0.717, 1.165) is 11.3 Å². The van der Waals surface area contributed by atoms with Gasteiger partial charge in [0.25, 0.3) is 0 Å². The Morgan fingerprint density at radius 2 is 1.38 bits per heavy atom. The lowest BCUT2D eigenvalue weighted by Gasteiger charge is -2.24. The maximum absolute atomic E-state index is 13.0. The maximum atomic E-state index is 13.0. The van der Waals surface area contributed by atoms with Crippen LogP contribution < -0.4 is 24.3 Å². The van der Waals surface area contributed by atoms with Crippen molar-refractivity contribution >= 4 is 17.6 Å². The van der Waals surface area contributed by atoms with Gasteiger partial charge in [0.2, 0.25) is 5.75 Å². The highest BCUT2D eigenvalue weighted by Gasteiger charge is 2.26. The summed E-state index contributed by atoms with van der Waals surface area (Å²) in [5.74, 6) is 0.991. The average Bonchev–Trinajstić information content (AvgIpc) is 2.96. The number of nitrogens with one attached hydrogen (secondary N) is 1. The summed E-state index contributed by atoms with van der Waals surface area (Å²) in [6.45, 7) is 5.50. The van der Waals surface area contributed by atoms with Gasteiger partial charge in [0.05, 0.1) is 70.2 Å². The van der Waals surface area contributed by atoms with Gasteiger partial charge in [0.15, 0.2) is 11.5 Å². The van der Waals surface area contributed by atoms with Crippen LogP contribution in [-0.4, -0.2) is 58.6 Å². The molecule has 0 aliphatic carbocycles. The number of anilines is 1. The number of aromatic nitrogens is 1. The van der Waals surface area contributed by atoms with Gasteiger partial charge in [0, 0.05) is 12.1 Å². The number of nitrogens with zero attached hydrogens (tertiary/aromatic N) is 1. The first kappa shape index (κ1) is 30.1. The molecule has 0 fully saturated rings. The number of hydrogen-bond acceptors (Lipinski definition) is 10. The number of methoxy groups -OCH3 is 4. The van der Waals surface area contributed by atoms with E-state index in [-0.39, 0.29) is 30.8 Å². The van der Waals surface area contributed by atoms with E-state index in [9.17, 15) is 9.59 Å². The molecule has 214 valence electrons. The zero-order chi connectivity index (χ0) is 29.2. The van der Waals surface area contributed by atoms with E-state index >= 15 is 0 Å². The number of aryl methyl sites for hydroxylation is 1. The van der Waals surface area contributed by atoms with Crippen molar-refractivity contribution < 1.29 is 38.0 Å². The summed E-state index contributed by atoms with van der Waals surface area (Å²) in [5.41, 5.74) is 2.87. The van der Waals surface area contributed by atoms with Crippen molar-refractivity contribution in [1.29, 1.82) is 0 Å². The van der Waals surface area contributed by atoms with Crippen LogP contribution in [0.1, 0.15) is 57.6 Å². The molecule has 1 heterocycles. The molecule has 0 aliphatic heterocycles. The third-order valence-electron chi connectivity index (χ3n) is 6.20. The van der Waals surface area contributed by atoms with Crippen LogP contribution in [0.15, 0.2) is 42.5 Å². The highest BCUT2D eigenvalue weighted by atomic mass is 16.5. The molecule has 0 saturated heterocycles. The molecule has 0 saturated carbocycles. The first-order chi connectivity index (χ1) is 19.3. The Balaban J connectivity index is 2.16. The second-order valence-corrected chi connectivity index (χ2v) is 8.64. The summed E-state index contributed by atoms with van der Waals surface area (Å²) < 4.78 is 32.5. The molecule has 0 bridgehead atoms. The lowest BCUT2D eigenvalue weighted by Crippen LogP contribution is -2.20. The molecular formula is C30H36N2O8. The Labute approximate surface area is 234 Å². The van der Waals surface area contributed by atoms with Crippen LogP contribution in [0, 0.1) is 6.92 Å². The Morgan fingerprint density at radius 1 is 0.800 bits per heavy atom. The minimum atomic E-state index is -0.580. The molecular weight excluding hydrogens is 516 g/mol. The first-order valence-electron chi connectivity index (χ1n) is 12.8. The zero-order valence-electron chi connectivity index (χ0n) is 24.0. The average molecular weight is 553 g/mol. The van der Waals surface area contributed by atoms with Crippen molar-refractivity contribution in [2.24, 2.45) is 0 Å². The Morgan fingerprint density at radius 3 is 1.88 bits per heavy atom. The van der Waals surface area contributed by atoms with Crippen LogP contribution in [0.3, 0.4) is 0 Å². The van der Waals surface area contributed by atoms with Gasteiger partial charge in [-0.2, -0.15) is 0 Å². The molecule has 0 aliphatic rings. The fourth-order valence-electron chi connectivity index (χ4n) is 4.25. The smallest absolute Gasteiger partial charge is 0.340 e. The number of carbonyl (C=O) groups excluding carboxylic acids is 2. The molecule has 3 aromatic rings. The summed E-state index contributed by atoms with van der Waals surface area (Å²) in [4.78, 5) is 30.3. The van der Waals surface area contributed by atoms with Crippen LogP contribution in [0.25, 0.3) is 0 Å². The highest BCUT2D eigenvalue weighted by molar-refractivity contribution is 5.96. The standard InChI is InChI=1S/C30H36N2O8/c1-8-39-29(33)22-16-23(30(34)40-9-2)25(31-18(22)3)17-24(32-20-10-12-21(35-4)13-11-20)19-14-26(36-5)28(38-7)27(15-19)37-6/h10-16,24,32H,8-9,17H2,1-7H3. The van der Waals surface area contributed by atoms with E-state index in [0.29, 0.717) is 34.4 Å². The van der Waals surface area contributed by atoms with Gasteiger partial charge in [-0.05, 0) is 68.8 Å². The minimum absolute atomic E-state index is 0.168. The molecule has 1 aromatic heterocycles. The van der Waals surface area contributed by atoms with Crippen molar-refractivity contribution in [3.63, 3.8) is 0 Å². The van der Waals surface area contributed by atoms with Crippen molar-refractivity contribution in [3.8, 4) is 23.0 Å². The molecule has 1 atom stereocenters. The van der Waals surface area contributed by atoms with Crippen LogP contribution in [0.2, 0.25) is 0 Å². The summed E-state index contributed by atoms with van der Waals surface area (Å²) in [6, 6.07) is 12.2. The molecule has 1 N–H and O–H groups in total. The normalized spacial score (nSPS) is 11.3. The third-order valence-corrected chi connectivity index (χ3v) is 6.20. The van der Waals surface area contributed by atoms with Crippen LogP contribution in [0.4, 0.5) is 5.69 Å². The van der Waals surface area contributed by atoms with E-state index in [4.69, 9.17) is 28.4 Å². The number of benzene rings is 2. The maximum Gasteiger partial charge on any atom is 0.340 e. The molecule has 10 nitrogen and oxygen atoms in total. The molecule has 0 spiro atoms. The van der Waals surface area contributed by atoms with Crippen LogP contribution in [0.5, 0.6) is 23.0 Å². The predicted octanol–water partition coefficient (Wildman–Crippen LogP) is 5.17. The largest absolute Gasteiger partial charge is 0.497 e. The van der Waals surface area contributed by atoms with Crippen LogP contribution in [-0.2, 0) is 15.9 Å². The lowest BCUT2D eigenvalue weighted by atomic mass is 9.96. The van der Waals surface area contributed by atoms with E-state index in [1.54, 1.807) is 42.1 Å². The van der Waals surface area contributed by atoms with Crippen molar-refractivity contribution in [1.82, 2.24) is 4.98 Å². The van der Waals surface area contributed by atoms with Crippen molar-refractivity contribution in [2.75, 3.05) is 47.0 Å². The summed E-state index contributed by atoms with van der Waals surface area (Å²) in [7, 11) is 6.23. The van der Waals surface area contributed by atoms with Gasteiger partial charge in [-0.15, -0.1) is 0 Å². The molecule has 0 radical (unpaired) electrons. The lowest BCUT2D eigenvalue weighted by molar-refractivity contribution is 0.0522. The topological polar surface area (TPSA) is 114 Å². The fraction of sp³-hybridized carbons (Fsp3) is 0.367. The molecule has 2 aromatic carbocycles. The molecule has 0 amide bonds. The highest BCUT2D eigenvalue weighted by Crippen LogP contribution is 2.41. The number of ether oxygens (including phenoxy) is 6. The zero-order valence-corrected chi connectivity index (χ0v) is 24.0. The Bertz CT molecular complexity index is 1300. The number of pyridine rings is 1. The molecule has 1 unspecified atom stereocenters. The van der Waals surface area contributed by atoms with Gasteiger partial charge in [-0.3, -0.25) is 4.98 Å². The number of hydrogen-bond donors (Lipinski definition) is 1. The van der Waals surface area contributed by atoms with Crippen molar-refractivity contribution in [2.45, 2.75) is 33.2 Å². The monoisotopic (exact) mass is 552 g/mol. The third kappa shape index (κ3) is 6.93. The van der Waals surface area contributed by atoms with Gasteiger partial charge in [-0.25, -0.2) is 9.59 Å². The van der Waals surface area contributed by atoms with E-state index in [1.165, 1.54) is 13.2 Å². The number of rotatable bonds is 13. The summed E-state index contributed by atoms with van der Waals surface area (Å²) >= 11 is 0. The number of carbonyl (C=O) groups is 2. The van der Waals surface area contributed by atoms with Gasteiger partial charge in [0.1, 0.15) is 5.75 Å².